The molecule has 0 unspecified atom stereocenters. The van der Waals surface area contributed by atoms with E-state index in [4.69, 9.17) is 4.43 Å². The molecule has 25 heavy (non-hydrogen) atoms. The van der Waals surface area contributed by atoms with Crippen LogP contribution in [0.1, 0.15) is 123 Å². The van der Waals surface area contributed by atoms with Gasteiger partial charge in [0.05, 0.1) is 0 Å². The molecular weight excluding hydrogens is 320 g/mol. The van der Waals surface area contributed by atoms with Gasteiger partial charge in [-0.05, 0) is 26.1 Å². The van der Waals surface area contributed by atoms with Crippen LogP contribution >= 0.6 is 0 Å². The second kappa shape index (κ2) is 19.0. The Morgan fingerprint density at radius 3 is 1.12 bits per heavy atom. The molecule has 0 rings (SSSR count). The molecule has 0 aliphatic heterocycles. The van der Waals surface area contributed by atoms with Gasteiger partial charge in [0, 0.05) is 6.61 Å². The van der Waals surface area contributed by atoms with Gasteiger partial charge in [0.25, 0.3) is 0 Å². The van der Waals surface area contributed by atoms with Gasteiger partial charge in [0.15, 0.2) is 8.32 Å². The lowest BCUT2D eigenvalue weighted by Gasteiger charge is -2.21. The maximum absolute atomic E-state index is 5.90. The first-order chi connectivity index (χ1) is 12.1. The highest BCUT2D eigenvalue weighted by molar-refractivity contribution is 6.71. The minimum atomic E-state index is -1.31. The van der Waals surface area contributed by atoms with Crippen LogP contribution in [-0.2, 0) is 4.43 Å². The molecule has 0 aromatic rings. The molecule has 0 N–H and O–H groups in total. The van der Waals surface area contributed by atoms with E-state index in [0.717, 1.165) is 6.61 Å². The van der Waals surface area contributed by atoms with Crippen molar-refractivity contribution in [1.29, 1.82) is 0 Å². The zero-order valence-electron chi connectivity index (χ0n) is 18.3. The summed E-state index contributed by atoms with van der Waals surface area (Å²) in [6.45, 7) is 10.1. The molecule has 0 fully saturated rings. The van der Waals surface area contributed by atoms with Gasteiger partial charge in [-0.3, -0.25) is 0 Å². The molecule has 2 heteroatoms. The Morgan fingerprint density at radius 1 is 0.480 bits per heavy atom. The number of hydrogen-bond donors (Lipinski definition) is 0. The van der Waals surface area contributed by atoms with E-state index in [0.29, 0.717) is 0 Å². The van der Waals surface area contributed by atoms with Crippen LogP contribution in [0.4, 0.5) is 0 Å². The van der Waals surface area contributed by atoms with Gasteiger partial charge in [-0.15, -0.1) is 0 Å². The van der Waals surface area contributed by atoms with Gasteiger partial charge >= 0.3 is 0 Å². The predicted molar refractivity (Wildman–Crippen MR) is 118 cm³/mol. The molecule has 0 bridgehead atoms. The van der Waals surface area contributed by atoms with Crippen LogP contribution in [-0.4, -0.2) is 14.9 Å². The van der Waals surface area contributed by atoms with Crippen LogP contribution in [0, 0.1) is 0 Å². The molecule has 0 amide bonds. The second-order valence-corrected chi connectivity index (χ2v) is 12.9. The molecule has 1 nitrogen and oxygen atoms in total. The van der Waals surface area contributed by atoms with Crippen molar-refractivity contribution >= 4 is 8.32 Å². The van der Waals surface area contributed by atoms with E-state index in [2.05, 4.69) is 26.9 Å². The first-order valence-electron chi connectivity index (χ1n) is 11.8. The fraction of sp³-hybridized carbons (Fsp3) is 1.00. The molecule has 0 aliphatic carbocycles. The van der Waals surface area contributed by atoms with Gasteiger partial charge in [0.1, 0.15) is 0 Å². The van der Waals surface area contributed by atoms with Crippen molar-refractivity contribution in [3.63, 3.8) is 0 Å². The quantitative estimate of drug-likeness (QED) is 0.153. The summed E-state index contributed by atoms with van der Waals surface area (Å²) in [7, 11) is -1.31. The molecule has 0 aliphatic rings. The third kappa shape index (κ3) is 20.3. The van der Waals surface area contributed by atoms with E-state index in [9.17, 15) is 0 Å². The first-order valence-corrected chi connectivity index (χ1v) is 14.9. The maximum Gasteiger partial charge on any atom is 0.186 e. The Hall–Kier alpha value is 0.177. The number of rotatable bonds is 20. The zero-order valence-corrected chi connectivity index (χ0v) is 19.3. The Bertz CT molecular complexity index is 252. The molecule has 0 heterocycles. The molecule has 0 spiro atoms. The summed E-state index contributed by atoms with van der Waals surface area (Å²) in [5.41, 5.74) is 0. The average molecular weight is 371 g/mol. The summed E-state index contributed by atoms with van der Waals surface area (Å²) >= 11 is 0. The van der Waals surface area contributed by atoms with Gasteiger partial charge in [0.2, 0.25) is 0 Å². The highest BCUT2D eigenvalue weighted by Gasteiger charge is 2.20. The molecule has 0 saturated heterocycles. The van der Waals surface area contributed by atoms with E-state index in [1.165, 1.54) is 115 Å². The summed E-state index contributed by atoms with van der Waals surface area (Å²) in [4.78, 5) is 0. The largest absolute Gasteiger partial charge is 0.418 e. The van der Waals surface area contributed by atoms with Crippen molar-refractivity contribution in [2.75, 3.05) is 6.61 Å². The summed E-state index contributed by atoms with van der Waals surface area (Å²) in [5.74, 6) is 0. The van der Waals surface area contributed by atoms with Crippen molar-refractivity contribution in [3.05, 3.63) is 0 Å². The summed E-state index contributed by atoms with van der Waals surface area (Å²) in [6, 6.07) is 1.35. The third-order valence-corrected chi connectivity index (χ3v) is 8.05. The van der Waals surface area contributed by atoms with Crippen LogP contribution in [0.15, 0.2) is 0 Å². The molecule has 0 radical (unpaired) electrons. The van der Waals surface area contributed by atoms with Crippen LogP contribution in [0.3, 0.4) is 0 Å². The van der Waals surface area contributed by atoms with Crippen LogP contribution in [0.25, 0.3) is 0 Å². The molecule has 0 aromatic carbocycles. The van der Waals surface area contributed by atoms with E-state index in [1.807, 2.05) is 0 Å². The van der Waals surface area contributed by atoms with E-state index < -0.39 is 8.32 Å². The standard InChI is InChI=1S/C23H50OSi/c1-5-7-8-9-10-11-12-13-14-15-16-17-18-19-20-21-22-23-25(3,4)24-6-2/h5-23H2,1-4H3. The van der Waals surface area contributed by atoms with Gasteiger partial charge < -0.3 is 4.43 Å². The third-order valence-electron chi connectivity index (χ3n) is 5.42. The van der Waals surface area contributed by atoms with Crippen LogP contribution < -0.4 is 0 Å². The zero-order chi connectivity index (χ0) is 18.6. The topological polar surface area (TPSA) is 9.23 Å². The number of hydrogen-bond acceptors (Lipinski definition) is 1. The SMILES string of the molecule is CCCCCCCCCCCCCCCCCCC[Si](C)(C)OCC. The fourth-order valence-corrected chi connectivity index (χ4v) is 5.77. The van der Waals surface area contributed by atoms with E-state index in [-0.39, 0.29) is 0 Å². The lowest BCUT2D eigenvalue weighted by Crippen LogP contribution is -2.29. The maximum atomic E-state index is 5.90. The number of unbranched alkanes of at least 4 members (excludes halogenated alkanes) is 16. The van der Waals surface area contributed by atoms with Crippen molar-refractivity contribution in [3.8, 4) is 0 Å². The lowest BCUT2D eigenvalue weighted by atomic mass is 10.0. The van der Waals surface area contributed by atoms with Crippen molar-refractivity contribution in [2.45, 2.75) is 142 Å². The Kier molecular flexibility index (Phi) is 19.1. The van der Waals surface area contributed by atoms with E-state index in [1.54, 1.807) is 0 Å². The smallest absolute Gasteiger partial charge is 0.186 e. The second-order valence-electron chi connectivity index (χ2n) is 8.60. The molecule has 152 valence electrons. The highest BCUT2D eigenvalue weighted by atomic mass is 28.4. The van der Waals surface area contributed by atoms with E-state index >= 15 is 0 Å². The fourth-order valence-electron chi connectivity index (χ4n) is 3.74. The Balaban J connectivity index is 3.10. The van der Waals surface area contributed by atoms with Crippen molar-refractivity contribution in [2.24, 2.45) is 0 Å². The van der Waals surface area contributed by atoms with Crippen LogP contribution in [0.5, 0.6) is 0 Å². The average Bonchev–Trinajstić information content (AvgIpc) is 2.57. The van der Waals surface area contributed by atoms with Crippen molar-refractivity contribution in [1.82, 2.24) is 0 Å². The molecule has 0 saturated carbocycles. The minimum Gasteiger partial charge on any atom is -0.418 e. The Labute approximate surface area is 161 Å². The highest BCUT2D eigenvalue weighted by Crippen LogP contribution is 2.18. The molecule has 0 atom stereocenters. The first kappa shape index (κ1) is 25.2. The summed E-state index contributed by atoms with van der Waals surface area (Å²) in [5, 5.41) is 0. The van der Waals surface area contributed by atoms with Gasteiger partial charge in [-0.25, -0.2) is 0 Å². The summed E-state index contributed by atoms with van der Waals surface area (Å²) in [6.07, 6.45) is 24.7. The van der Waals surface area contributed by atoms with Crippen molar-refractivity contribution < 1.29 is 4.43 Å². The Morgan fingerprint density at radius 2 is 0.800 bits per heavy atom. The van der Waals surface area contributed by atoms with Gasteiger partial charge in [-0.1, -0.05) is 116 Å². The predicted octanol–water partition coefficient (Wildman–Crippen LogP) is 8.88. The molecule has 0 aromatic heterocycles. The monoisotopic (exact) mass is 370 g/mol. The summed E-state index contributed by atoms with van der Waals surface area (Å²) < 4.78 is 5.90. The lowest BCUT2D eigenvalue weighted by molar-refractivity contribution is 0.327. The minimum absolute atomic E-state index is 0.901. The van der Waals surface area contributed by atoms with Gasteiger partial charge in [-0.2, -0.15) is 0 Å². The normalized spacial score (nSPS) is 12.0. The van der Waals surface area contributed by atoms with Crippen LogP contribution in [0.2, 0.25) is 19.1 Å². The molecular formula is C23H50OSi.